The summed E-state index contributed by atoms with van der Waals surface area (Å²) in [6, 6.07) is 14.6. The summed E-state index contributed by atoms with van der Waals surface area (Å²) in [6.45, 7) is 8.59. The predicted octanol–water partition coefficient (Wildman–Crippen LogP) is 4.03. The fraction of sp³-hybridized carbons (Fsp3) is 0.435. The lowest BCUT2D eigenvalue weighted by Crippen LogP contribution is -2.38. The van der Waals surface area contributed by atoms with Crippen LogP contribution in [0.15, 0.2) is 42.5 Å². The van der Waals surface area contributed by atoms with Gasteiger partial charge in [-0.1, -0.05) is 30.3 Å². The van der Waals surface area contributed by atoms with Gasteiger partial charge in [-0.05, 0) is 68.9 Å². The third-order valence-corrected chi connectivity index (χ3v) is 5.34. The molecule has 4 heteroatoms. The van der Waals surface area contributed by atoms with Gasteiger partial charge in [0.25, 0.3) is 5.91 Å². The number of hydrogen-bond acceptors (Lipinski definition) is 3. The molecule has 144 valence electrons. The third-order valence-electron chi connectivity index (χ3n) is 5.34. The van der Waals surface area contributed by atoms with Gasteiger partial charge >= 0.3 is 0 Å². The fourth-order valence-electron chi connectivity index (χ4n) is 3.56. The van der Waals surface area contributed by atoms with Crippen LogP contribution >= 0.6 is 0 Å². The van der Waals surface area contributed by atoms with Gasteiger partial charge < -0.3 is 15.0 Å². The Bertz CT molecular complexity index is 788. The number of carbonyl (C=O) groups is 1. The van der Waals surface area contributed by atoms with Crippen molar-refractivity contribution in [3.05, 3.63) is 59.2 Å². The Kier molecular flexibility index (Phi) is 6.38. The minimum atomic E-state index is -0.499. The minimum absolute atomic E-state index is 0.0602. The zero-order valence-electron chi connectivity index (χ0n) is 16.6. The quantitative estimate of drug-likeness (QED) is 0.752. The van der Waals surface area contributed by atoms with Crippen molar-refractivity contribution in [3.8, 4) is 5.75 Å². The first kappa shape index (κ1) is 19.3. The number of hydrogen-bond donors (Lipinski definition) is 1. The average Bonchev–Trinajstić information content (AvgIpc) is 2.68. The highest BCUT2D eigenvalue weighted by atomic mass is 16.5. The molecule has 0 spiro atoms. The molecule has 0 bridgehead atoms. The van der Waals surface area contributed by atoms with E-state index in [-0.39, 0.29) is 5.91 Å². The van der Waals surface area contributed by atoms with Gasteiger partial charge in [-0.15, -0.1) is 0 Å². The summed E-state index contributed by atoms with van der Waals surface area (Å²) in [5.41, 5.74) is 5.04. The Morgan fingerprint density at radius 3 is 2.85 bits per heavy atom. The van der Waals surface area contributed by atoms with Crippen molar-refractivity contribution < 1.29 is 9.53 Å². The summed E-state index contributed by atoms with van der Waals surface area (Å²) in [7, 11) is 0. The number of amides is 1. The molecule has 0 saturated carbocycles. The smallest absolute Gasteiger partial charge is 0.260 e. The van der Waals surface area contributed by atoms with Gasteiger partial charge in [0.2, 0.25) is 0 Å². The van der Waals surface area contributed by atoms with Crippen LogP contribution in [0.1, 0.15) is 36.5 Å². The van der Waals surface area contributed by atoms with Crippen LogP contribution in [0.5, 0.6) is 5.75 Å². The molecular formula is C23H30N2O2. The number of ether oxygens (including phenoxy) is 1. The lowest BCUT2D eigenvalue weighted by Gasteiger charge is -2.31. The number of para-hydroxylation sites is 1. The van der Waals surface area contributed by atoms with Crippen LogP contribution in [0.2, 0.25) is 0 Å². The Morgan fingerprint density at radius 2 is 2.00 bits per heavy atom. The van der Waals surface area contributed by atoms with Crippen molar-refractivity contribution in [2.75, 3.05) is 24.5 Å². The molecule has 2 aromatic carbocycles. The Hall–Kier alpha value is -2.49. The van der Waals surface area contributed by atoms with Gasteiger partial charge in [0.15, 0.2) is 6.10 Å². The number of benzene rings is 2. The van der Waals surface area contributed by atoms with Crippen LogP contribution in [0, 0.1) is 13.8 Å². The van der Waals surface area contributed by atoms with Gasteiger partial charge in [0.1, 0.15) is 5.75 Å². The van der Waals surface area contributed by atoms with Gasteiger partial charge in [-0.25, -0.2) is 0 Å². The second kappa shape index (κ2) is 8.94. The van der Waals surface area contributed by atoms with Crippen molar-refractivity contribution in [2.45, 2.75) is 46.1 Å². The first-order valence-electron chi connectivity index (χ1n) is 9.89. The number of aryl methyl sites for hydroxylation is 2. The zero-order chi connectivity index (χ0) is 19.2. The van der Waals surface area contributed by atoms with Crippen molar-refractivity contribution in [3.63, 3.8) is 0 Å². The Morgan fingerprint density at radius 1 is 1.19 bits per heavy atom. The lowest BCUT2D eigenvalue weighted by molar-refractivity contribution is -0.127. The van der Waals surface area contributed by atoms with E-state index in [0.29, 0.717) is 6.54 Å². The molecule has 0 unspecified atom stereocenters. The van der Waals surface area contributed by atoms with Gasteiger partial charge in [0, 0.05) is 25.3 Å². The monoisotopic (exact) mass is 366 g/mol. The van der Waals surface area contributed by atoms with E-state index >= 15 is 0 Å². The highest BCUT2D eigenvalue weighted by molar-refractivity contribution is 5.80. The number of carbonyl (C=O) groups excluding carboxylic acids is 1. The second-order valence-electron chi connectivity index (χ2n) is 7.32. The van der Waals surface area contributed by atoms with Gasteiger partial charge in [-0.2, -0.15) is 0 Å². The van der Waals surface area contributed by atoms with Crippen molar-refractivity contribution in [2.24, 2.45) is 0 Å². The summed E-state index contributed by atoms with van der Waals surface area (Å²) in [5, 5.41) is 3.01. The maximum atomic E-state index is 12.3. The minimum Gasteiger partial charge on any atom is -0.481 e. The van der Waals surface area contributed by atoms with E-state index in [2.05, 4.69) is 34.5 Å². The van der Waals surface area contributed by atoms with Crippen LogP contribution in [-0.2, 0) is 11.2 Å². The molecule has 0 aliphatic carbocycles. The molecule has 1 atom stereocenters. The average molecular weight is 367 g/mol. The standard InChI is InChI=1S/C23H30N2O2/c1-17-9-6-13-22(18(17)2)27-19(3)23(26)24-14-8-16-25-15-7-11-20-10-4-5-12-21(20)25/h4-6,9-10,12-13,19H,7-8,11,14-16H2,1-3H3,(H,24,26)/t19-/m1/s1. The first-order valence-corrected chi connectivity index (χ1v) is 9.89. The zero-order valence-corrected chi connectivity index (χ0v) is 16.6. The molecule has 0 fully saturated rings. The van der Waals surface area contributed by atoms with Crippen molar-refractivity contribution >= 4 is 11.6 Å². The summed E-state index contributed by atoms with van der Waals surface area (Å²) in [6.07, 6.45) is 2.79. The number of rotatable bonds is 7. The van der Waals surface area contributed by atoms with Crippen LogP contribution in [0.4, 0.5) is 5.69 Å². The molecule has 3 rings (SSSR count). The van der Waals surface area contributed by atoms with E-state index in [0.717, 1.165) is 37.2 Å². The Labute approximate surface area is 162 Å². The molecule has 27 heavy (non-hydrogen) atoms. The largest absolute Gasteiger partial charge is 0.481 e. The van der Waals surface area contributed by atoms with E-state index in [9.17, 15) is 4.79 Å². The number of nitrogens with one attached hydrogen (secondary N) is 1. The highest BCUT2D eigenvalue weighted by Crippen LogP contribution is 2.26. The molecule has 0 saturated heterocycles. The van der Waals surface area contributed by atoms with Crippen LogP contribution in [0.25, 0.3) is 0 Å². The van der Waals surface area contributed by atoms with E-state index in [4.69, 9.17) is 4.74 Å². The SMILES string of the molecule is Cc1cccc(O[C@H](C)C(=O)NCCCN2CCCc3ccccc32)c1C. The molecule has 4 nitrogen and oxygen atoms in total. The number of anilines is 1. The van der Waals surface area contributed by atoms with E-state index in [1.165, 1.54) is 23.2 Å². The van der Waals surface area contributed by atoms with Crippen LogP contribution < -0.4 is 15.0 Å². The first-order chi connectivity index (χ1) is 13.1. The van der Waals surface area contributed by atoms with Crippen LogP contribution in [0.3, 0.4) is 0 Å². The normalized spacial score (nSPS) is 14.4. The van der Waals surface area contributed by atoms with E-state index in [1.54, 1.807) is 6.92 Å². The molecule has 1 N–H and O–H groups in total. The lowest BCUT2D eigenvalue weighted by atomic mass is 10.0. The molecule has 1 aliphatic rings. The number of nitrogens with zero attached hydrogens (tertiary/aromatic N) is 1. The highest BCUT2D eigenvalue weighted by Gasteiger charge is 2.17. The summed E-state index contributed by atoms with van der Waals surface area (Å²) >= 11 is 0. The van der Waals surface area contributed by atoms with Gasteiger partial charge in [-0.3, -0.25) is 4.79 Å². The molecule has 1 heterocycles. The number of fused-ring (bicyclic) bond motifs is 1. The summed E-state index contributed by atoms with van der Waals surface area (Å²) in [4.78, 5) is 14.8. The molecule has 1 aliphatic heterocycles. The molecule has 2 aromatic rings. The molecule has 0 radical (unpaired) electrons. The van der Waals surface area contributed by atoms with Gasteiger partial charge in [0.05, 0.1) is 0 Å². The molecule has 0 aromatic heterocycles. The Balaban J connectivity index is 1.44. The van der Waals surface area contributed by atoms with Crippen LogP contribution in [-0.4, -0.2) is 31.6 Å². The van der Waals surface area contributed by atoms with E-state index in [1.807, 2.05) is 32.0 Å². The molecular weight excluding hydrogens is 336 g/mol. The fourth-order valence-corrected chi connectivity index (χ4v) is 3.56. The molecule has 1 amide bonds. The summed E-state index contributed by atoms with van der Waals surface area (Å²) in [5.74, 6) is 0.720. The summed E-state index contributed by atoms with van der Waals surface area (Å²) < 4.78 is 5.86. The maximum absolute atomic E-state index is 12.3. The maximum Gasteiger partial charge on any atom is 0.260 e. The predicted molar refractivity (Wildman–Crippen MR) is 111 cm³/mol. The third kappa shape index (κ3) is 4.82. The van der Waals surface area contributed by atoms with Crippen molar-refractivity contribution in [1.82, 2.24) is 5.32 Å². The van der Waals surface area contributed by atoms with E-state index < -0.39 is 6.10 Å². The topological polar surface area (TPSA) is 41.6 Å². The second-order valence-corrected chi connectivity index (χ2v) is 7.32. The van der Waals surface area contributed by atoms with Crippen molar-refractivity contribution in [1.29, 1.82) is 0 Å².